The van der Waals surface area contributed by atoms with Crippen molar-refractivity contribution in [1.82, 2.24) is 14.5 Å². The summed E-state index contributed by atoms with van der Waals surface area (Å²) in [5.41, 5.74) is -1.38. The van der Waals surface area contributed by atoms with Crippen LogP contribution in [0.25, 0.3) is 0 Å². The van der Waals surface area contributed by atoms with Crippen LogP contribution in [0.4, 0.5) is 0 Å². The molecule has 2 saturated heterocycles. The van der Waals surface area contributed by atoms with E-state index >= 15 is 0 Å². The number of rotatable bonds is 7. The van der Waals surface area contributed by atoms with Crippen molar-refractivity contribution in [3.63, 3.8) is 0 Å². The van der Waals surface area contributed by atoms with E-state index in [0.29, 0.717) is 0 Å². The smallest absolute Gasteiger partial charge is 0.326 e. The third kappa shape index (κ3) is 3.23. The second-order valence-corrected chi connectivity index (χ2v) is 9.51. The number of fused-ring (bicyclic) bond motifs is 1. The molecule has 1 aromatic rings. The molecule has 164 valence electrons. The van der Waals surface area contributed by atoms with Crippen molar-refractivity contribution in [3.8, 4) is 0 Å². The Balaban J connectivity index is 2.00. The highest BCUT2D eigenvalue weighted by atomic mass is 32.2. The SMILES string of the molecule is CCN(C[C@H]1N[C@@](CC)(C(=O)OC)[C@H]2C(=O)N(C)C(=O)[C@@H]12)S(=O)(=O)c1ccccc1. The molecule has 0 aliphatic carbocycles. The minimum atomic E-state index is -3.81. The fraction of sp³-hybridized carbons (Fsp3) is 0.550. The van der Waals surface area contributed by atoms with E-state index < -0.39 is 51.2 Å². The molecule has 2 amide bonds. The number of esters is 1. The predicted molar refractivity (Wildman–Crippen MR) is 108 cm³/mol. The molecule has 0 spiro atoms. The average Bonchev–Trinajstić information content (AvgIpc) is 3.21. The van der Waals surface area contributed by atoms with Gasteiger partial charge < -0.3 is 4.74 Å². The topological polar surface area (TPSA) is 113 Å². The van der Waals surface area contributed by atoms with Crippen LogP contribution >= 0.6 is 0 Å². The maximum Gasteiger partial charge on any atom is 0.326 e. The van der Waals surface area contributed by atoms with Gasteiger partial charge in [-0.15, -0.1) is 0 Å². The number of carbonyl (C=O) groups is 3. The normalized spacial score (nSPS) is 28.8. The van der Waals surface area contributed by atoms with E-state index in [1.165, 1.54) is 30.6 Å². The molecule has 0 aromatic heterocycles. The number of likely N-dealkylation sites (N-methyl/N-ethyl adjacent to an activating group) is 1. The first-order valence-corrected chi connectivity index (χ1v) is 11.3. The Kier molecular flexibility index (Phi) is 6.03. The molecule has 1 N–H and O–H groups in total. The maximum absolute atomic E-state index is 13.1. The van der Waals surface area contributed by atoms with Gasteiger partial charge in [0, 0.05) is 26.2 Å². The van der Waals surface area contributed by atoms with Gasteiger partial charge in [0.15, 0.2) is 0 Å². The monoisotopic (exact) mass is 437 g/mol. The van der Waals surface area contributed by atoms with Crippen molar-refractivity contribution in [2.75, 3.05) is 27.2 Å². The summed E-state index contributed by atoms with van der Waals surface area (Å²) >= 11 is 0. The van der Waals surface area contributed by atoms with Crippen LogP contribution in [0.15, 0.2) is 35.2 Å². The zero-order chi connectivity index (χ0) is 22.3. The summed E-state index contributed by atoms with van der Waals surface area (Å²) in [5, 5.41) is 3.13. The number of amides is 2. The van der Waals surface area contributed by atoms with E-state index in [2.05, 4.69) is 5.32 Å². The van der Waals surface area contributed by atoms with Gasteiger partial charge in [0.05, 0.1) is 23.8 Å². The lowest BCUT2D eigenvalue weighted by atomic mass is 9.78. The number of likely N-dealkylation sites (tertiary alicyclic amines) is 1. The van der Waals surface area contributed by atoms with E-state index in [1.807, 2.05) is 0 Å². The molecule has 9 nitrogen and oxygen atoms in total. The molecule has 2 aliphatic heterocycles. The molecule has 0 radical (unpaired) electrons. The fourth-order valence-electron chi connectivity index (χ4n) is 4.62. The Labute approximate surface area is 176 Å². The Morgan fingerprint density at radius 2 is 1.83 bits per heavy atom. The highest BCUT2D eigenvalue weighted by Crippen LogP contribution is 2.45. The molecular weight excluding hydrogens is 410 g/mol. The first kappa shape index (κ1) is 22.4. The second kappa shape index (κ2) is 8.09. The number of carbonyl (C=O) groups excluding carboxylic acids is 3. The van der Waals surface area contributed by atoms with Crippen LogP contribution < -0.4 is 5.32 Å². The molecule has 0 unspecified atom stereocenters. The van der Waals surface area contributed by atoms with E-state index in [1.54, 1.807) is 32.0 Å². The van der Waals surface area contributed by atoms with Crippen LogP contribution in [-0.2, 0) is 29.1 Å². The summed E-state index contributed by atoms with van der Waals surface area (Å²) < 4.78 is 32.5. The van der Waals surface area contributed by atoms with Crippen LogP contribution in [0.1, 0.15) is 20.3 Å². The standard InChI is InChI=1S/C20H27N3O6S/c1-5-20(19(26)29-4)16-15(17(24)22(3)18(16)25)14(21-20)12-23(6-2)30(27,28)13-10-8-7-9-11-13/h7-11,14-16,21H,5-6,12H2,1-4H3/t14-,15+,16-,20-/m1/s1. The van der Waals surface area contributed by atoms with Crippen molar-refractivity contribution < 1.29 is 27.5 Å². The Hall–Kier alpha value is -2.30. The highest BCUT2D eigenvalue weighted by molar-refractivity contribution is 7.89. The molecule has 3 rings (SSSR count). The molecule has 2 heterocycles. The summed E-state index contributed by atoms with van der Waals surface area (Å²) in [6, 6.07) is 7.30. The van der Waals surface area contributed by atoms with Crippen molar-refractivity contribution >= 4 is 27.8 Å². The summed E-state index contributed by atoms with van der Waals surface area (Å²) in [6.07, 6.45) is 0.224. The fourth-order valence-corrected chi connectivity index (χ4v) is 6.12. The summed E-state index contributed by atoms with van der Waals surface area (Å²) in [7, 11) is -1.20. The summed E-state index contributed by atoms with van der Waals surface area (Å²) in [6.45, 7) is 3.55. The van der Waals surface area contributed by atoms with Gasteiger partial charge in [0.25, 0.3) is 0 Å². The molecular formula is C20H27N3O6S. The van der Waals surface area contributed by atoms with E-state index in [9.17, 15) is 22.8 Å². The number of hydrogen-bond donors (Lipinski definition) is 1. The summed E-state index contributed by atoms with van der Waals surface area (Å²) in [5.74, 6) is -3.29. The molecule has 2 aliphatic rings. The van der Waals surface area contributed by atoms with Crippen LogP contribution in [0.5, 0.6) is 0 Å². The van der Waals surface area contributed by atoms with Gasteiger partial charge in [-0.1, -0.05) is 32.0 Å². The number of nitrogens with zero attached hydrogens (tertiary/aromatic N) is 2. The zero-order valence-electron chi connectivity index (χ0n) is 17.5. The van der Waals surface area contributed by atoms with Crippen LogP contribution in [0, 0.1) is 11.8 Å². The first-order valence-electron chi connectivity index (χ1n) is 9.88. The Morgan fingerprint density at radius 1 is 1.20 bits per heavy atom. The minimum absolute atomic E-state index is 0.0551. The van der Waals surface area contributed by atoms with Crippen molar-refractivity contribution in [2.24, 2.45) is 11.8 Å². The quantitative estimate of drug-likeness (QED) is 0.480. The third-order valence-corrected chi connectivity index (χ3v) is 8.18. The Bertz CT molecular complexity index is 951. The number of hydrogen-bond acceptors (Lipinski definition) is 7. The number of nitrogens with one attached hydrogen (secondary N) is 1. The van der Waals surface area contributed by atoms with Gasteiger partial charge in [-0.3, -0.25) is 24.6 Å². The van der Waals surface area contributed by atoms with E-state index in [4.69, 9.17) is 4.74 Å². The first-order chi connectivity index (χ1) is 14.2. The number of benzene rings is 1. The number of imide groups is 1. The molecule has 30 heavy (non-hydrogen) atoms. The predicted octanol–water partition coefficient (Wildman–Crippen LogP) is 0.222. The number of ether oxygens (including phenoxy) is 1. The number of sulfonamides is 1. The molecule has 1 aromatic carbocycles. The molecule has 0 saturated carbocycles. The van der Waals surface area contributed by atoms with Gasteiger partial charge in [-0.2, -0.15) is 4.31 Å². The van der Waals surface area contributed by atoms with Gasteiger partial charge >= 0.3 is 5.97 Å². The Morgan fingerprint density at radius 3 is 2.37 bits per heavy atom. The zero-order valence-corrected chi connectivity index (χ0v) is 18.3. The largest absolute Gasteiger partial charge is 0.468 e. The van der Waals surface area contributed by atoms with E-state index in [-0.39, 0.29) is 24.4 Å². The van der Waals surface area contributed by atoms with Crippen LogP contribution in [0.3, 0.4) is 0 Å². The van der Waals surface area contributed by atoms with Gasteiger partial charge in [0.1, 0.15) is 5.54 Å². The third-order valence-electron chi connectivity index (χ3n) is 6.22. The van der Waals surface area contributed by atoms with Gasteiger partial charge in [0.2, 0.25) is 21.8 Å². The number of methoxy groups -OCH3 is 1. The molecule has 0 bridgehead atoms. The second-order valence-electron chi connectivity index (χ2n) is 7.57. The molecule has 4 atom stereocenters. The highest BCUT2D eigenvalue weighted by Gasteiger charge is 2.67. The maximum atomic E-state index is 13.1. The van der Waals surface area contributed by atoms with Crippen molar-refractivity contribution in [3.05, 3.63) is 30.3 Å². The lowest BCUT2D eigenvalue weighted by Gasteiger charge is -2.31. The molecule has 2 fully saturated rings. The lowest BCUT2D eigenvalue weighted by molar-refractivity contribution is -0.154. The van der Waals surface area contributed by atoms with Crippen LogP contribution in [-0.4, -0.2) is 74.2 Å². The molecule has 10 heteroatoms. The van der Waals surface area contributed by atoms with Crippen molar-refractivity contribution in [1.29, 1.82) is 0 Å². The van der Waals surface area contributed by atoms with Crippen molar-refractivity contribution in [2.45, 2.75) is 36.7 Å². The summed E-state index contributed by atoms with van der Waals surface area (Å²) in [4.78, 5) is 39.5. The van der Waals surface area contributed by atoms with Gasteiger partial charge in [-0.25, -0.2) is 8.42 Å². The lowest BCUT2D eigenvalue weighted by Crippen LogP contribution is -2.58. The van der Waals surface area contributed by atoms with E-state index in [0.717, 1.165) is 4.90 Å². The minimum Gasteiger partial charge on any atom is -0.468 e. The average molecular weight is 438 g/mol. The van der Waals surface area contributed by atoms with Gasteiger partial charge in [-0.05, 0) is 18.6 Å². The van der Waals surface area contributed by atoms with Crippen LogP contribution in [0.2, 0.25) is 0 Å².